The minimum Gasteiger partial charge on any atom is -0.382 e. The minimum absolute atomic E-state index is 0.500. The minimum atomic E-state index is -0.756. The highest BCUT2D eigenvalue weighted by molar-refractivity contribution is 6.31. The summed E-state index contributed by atoms with van der Waals surface area (Å²) < 4.78 is 1.78. The SMILES string of the molecule is Cc1ccccc1C(O)c1c(Cl)cnn1CCN(C)C. The van der Waals surface area contributed by atoms with Crippen molar-refractivity contribution in [3.63, 3.8) is 0 Å². The van der Waals surface area contributed by atoms with Gasteiger partial charge in [0.1, 0.15) is 6.10 Å². The molecule has 20 heavy (non-hydrogen) atoms. The molecule has 1 aromatic heterocycles. The maximum Gasteiger partial charge on any atom is 0.122 e. The topological polar surface area (TPSA) is 41.3 Å². The van der Waals surface area contributed by atoms with Crippen LogP contribution in [0.2, 0.25) is 5.02 Å². The molecule has 1 N–H and O–H groups in total. The second kappa shape index (κ2) is 6.39. The Hall–Kier alpha value is -1.36. The molecule has 0 aliphatic carbocycles. The van der Waals surface area contributed by atoms with Crippen LogP contribution in [0.15, 0.2) is 30.5 Å². The second-order valence-electron chi connectivity index (χ2n) is 5.16. The van der Waals surface area contributed by atoms with Crippen molar-refractivity contribution in [2.75, 3.05) is 20.6 Å². The van der Waals surface area contributed by atoms with Crippen LogP contribution in [0, 0.1) is 6.92 Å². The van der Waals surface area contributed by atoms with Crippen LogP contribution < -0.4 is 0 Å². The maximum atomic E-state index is 10.6. The summed E-state index contributed by atoms with van der Waals surface area (Å²) in [7, 11) is 4.01. The van der Waals surface area contributed by atoms with E-state index in [2.05, 4.69) is 10.00 Å². The number of halogens is 1. The zero-order valence-electron chi connectivity index (χ0n) is 12.0. The zero-order chi connectivity index (χ0) is 14.7. The highest BCUT2D eigenvalue weighted by Crippen LogP contribution is 2.29. The normalized spacial score (nSPS) is 12.9. The number of likely N-dealkylation sites (N-methyl/N-ethyl adjacent to an activating group) is 1. The largest absolute Gasteiger partial charge is 0.382 e. The summed E-state index contributed by atoms with van der Waals surface area (Å²) >= 11 is 6.20. The summed E-state index contributed by atoms with van der Waals surface area (Å²) in [6.07, 6.45) is 0.835. The summed E-state index contributed by atoms with van der Waals surface area (Å²) in [5.74, 6) is 0. The second-order valence-corrected chi connectivity index (χ2v) is 5.57. The van der Waals surface area contributed by atoms with Gasteiger partial charge in [-0.1, -0.05) is 35.9 Å². The Bertz CT molecular complexity index is 580. The van der Waals surface area contributed by atoms with Crippen molar-refractivity contribution in [1.82, 2.24) is 14.7 Å². The number of hydrogen-bond donors (Lipinski definition) is 1. The van der Waals surface area contributed by atoms with Gasteiger partial charge in [0.15, 0.2) is 0 Å². The van der Waals surface area contributed by atoms with Gasteiger partial charge in [-0.15, -0.1) is 0 Å². The number of aliphatic hydroxyl groups is 1. The molecule has 0 aliphatic heterocycles. The van der Waals surface area contributed by atoms with E-state index in [4.69, 9.17) is 11.6 Å². The van der Waals surface area contributed by atoms with Crippen molar-refractivity contribution in [3.8, 4) is 0 Å². The Morgan fingerprint density at radius 2 is 2.05 bits per heavy atom. The van der Waals surface area contributed by atoms with Crippen LogP contribution in [0.4, 0.5) is 0 Å². The predicted molar refractivity (Wildman–Crippen MR) is 81.0 cm³/mol. The lowest BCUT2D eigenvalue weighted by Crippen LogP contribution is -2.21. The Labute approximate surface area is 124 Å². The van der Waals surface area contributed by atoms with Crippen LogP contribution >= 0.6 is 11.6 Å². The quantitative estimate of drug-likeness (QED) is 0.921. The van der Waals surface area contributed by atoms with Crippen LogP contribution in [-0.2, 0) is 6.54 Å². The van der Waals surface area contributed by atoms with E-state index in [9.17, 15) is 5.11 Å². The van der Waals surface area contributed by atoms with Crippen molar-refractivity contribution < 1.29 is 5.11 Å². The monoisotopic (exact) mass is 293 g/mol. The molecule has 4 nitrogen and oxygen atoms in total. The first-order chi connectivity index (χ1) is 9.50. The van der Waals surface area contributed by atoms with Gasteiger partial charge in [-0.3, -0.25) is 4.68 Å². The van der Waals surface area contributed by atoms with Gasteiger partial charge in [0, 0.05) is 6.54 Å². The lowest BCUT2D eigenvalue weighted by atomic mass is 10.0. The number of aryl methyl sites for hydroxylation is 1. The van der Waals surface area contributed by atoms with Crippen LogP contribution in [0.3, 0.4) is 0 Å². The molecule has 0 fully saturated rings. The Morgan fingerprint density at radius 1 is 1.35 bits per heavy atom. The molecule has 108 valence electrons. The molecule has 0 bridgehead atoms. The number of rotatable bonds is 5. The molecule has 1 atom stereocenters. The average Bonchev–Trinajstić information content (AvgIpc) is 2.77. The van der Waals surface area contributed by atoms with Crippen LogP contribution in [0.25, 0.3) is 0 Å². The number of hydrogen-bond acceptors (Lipinski definition) is 3. The highest BCUT2D eigenvalue weighted by atomic mass is 35.5. The van der Waals surface area contributed by atoms with Gasteiger partial charge >= 0.3 is 0 Å². The van der Waals surface area contributed by atoms with Gasteiger partial charge in [-0.25, -0.2) is 0 Å². The summed E-state index contributed by atoms with van der Waals surface area (Å²) in [5.41, 5.74) is 2.56. The Kier molecular flexibility index (Phi) is 4.81. The van der Waals surface area contributed by atoms with Crippen molar-refractivity contribution in [3.05, 3.63) is 52.3 Å². The van der Waals surface area contributed by atoms with Crippen molar-refractivity contribution >= 4 is 11.6 Å². The summed E-state index contributed by atoms with van der Waals surface area (Å²) in [5, 5.41) is 15.4. The summed E-state index contributed by atoms with van der Waals surface area (Å²) in [4.78, 5) is 2.07. The zero-order valence-corrected chi connectivity index (χ0v) is 12.8. The molecule has 5 heteroatoms. The van der Waals surface area contributed by atoms with Crippen LogP contribution in [-0.4, -0.2) is 40.4 Å². The lowest BCUT2D eigenvalue weighted by Gasteiger charge is -2.17. The standard InChI is InChI=1S/C15H20ClN3O/c1-11-6-4-5-7-12(11)15(20)14-13(16)10-17-19(14)9-8-18(2)3/h4-7,10,15,20H,8-9H2,1-3H3. The molecule has 0 saturated carbocycles. The Balaban J connectivity index is 2.32. The molecular formula is C15H20ClN3O. The van der Waals surface area contributed by atoms with E-state index in [0.29, 0.717) is 17.3 Å². The third kappa shape index (κ3) is 3.20. The van der Waals surface area contributed by atoms with E-state index in [-0.39, 0.29) is 0 Å². The molecule has 2 rings (SSSR count). The maximum absolute atomic E-state index is 10.6. The average molecular weight is 294 g/mol. The molecule has 2 aromatic rings. The van der Waals surface area contributed by atoms with Gasteiger partial charge in [-0.05, 0) is 32.1 Å². The molecule has 0 amide bonds. The predicted octanol–water partition coefficient (Wildman–Crippen LogP) is 2.49. The molecule has 0 spiro atoms. The molecular weight excluding hydrogens is 274 g/mol. The molecule has 0 radical (unpaired) electrons. The summed E-state index contributed by atoms with van der Waals surface area (Å²) in [6.45, 7) is 3.51. The first-order valence-electron chi connectivity index (χ1n) is 6.60. The molecule has 1 unspecified atom stereocenters. The van der Waals surface area contributed by atoms with E-state index in [1.165, 1.54) is 0 Å². The van der Waals surface area contributed by atoms with Crippen molar-refractivity contribution in [2.45, 2.75) is 19.6 Å². The number of benzene rings is 1. The van der Waals surface area contributed by atoms with Gasteiger partial charge < -0.3 is 10.0 Å². The number of aromatic nitrogens is 2. The Morgan fingerprint density at radius 3 is 2.70 bits per heavy atom. The van der Waals surface area contributed by atoms with Gasteiger partial charge in [0.05, 0.1) is 23.5 Å². The molecule has 1 heterocycles. The number of nitrogens with zero attached hydrogens (tertiary/aromatic N) is 3. The molecule has 1 aromatic carbocycles. The third-order valence-corrected chi connectivity index (χ3v) is 3.63. The van der Waals surface area contributed by atoms with Gasteiger partial charge in [-0.2, -0.15) is 5.10 Å². The van der Waals surface area contributed by atoms with E-state index in [0.717, 1.165) is 17.7 Å². The van der Waals surface area contributed by atoms with Crippen molar-refractivity contribution in [1.29, 1.82) is 0 Å². The first-order valence-corrected chi connectivity index (χ1v) is 6.98. The molecule has 0 aliphatic rings. The van der Waals surface area contributed by atoms with E-state index < -0.39 is 6.10 Å². The van der Waals surface area contributed by atoms with Gasteiger partial charge in [0.2, 0.25) is 0 Å². The lowest BCUT2D eigenvalue weighted by molar-refractivity contribution is 0.205. The smallest absolute Gasteiger partial charge is 0.122 e. The fourth-order valence-electron chi connectivity index (χ4n) is 2.16. The molecule has 0 saturated heterocycles. The third-order valence-electron chi connectivity index (χ3n) is 3.33. The van der Waals surface area contributed by atoms with Crippen LogP contribution in [0.5, 0.6) is 0 Å². The van der Waals surface area contributed by atoms with Crippen molar-refractivity contribution in [2.24, 2.45) is 0 Å². The summed E-state index contributed by atoms with van der Waals surface area (Å²) in [6, 6.07) is 7.77. The number of aliphatic hydroxyl groups excluding tert-OH is 1. The van der Waals surface area contributed by atoms with E-state index in [1.54, 1.807) is 10.9 Å². The van der Waals surface area contributed by atoms with Gasteiger partial charge in [0.25, 0.3) is 0 Å². The highest BCUT2D eigenvalue weighted by Gasteiger charge is 2.21. The van der Waals surface area contributed by atoms with Crippen LogP contribution in [0.1, 0.15) is 22.9 Å². The first kappa shape index (κ1) is 15.0. The fourth-order valence-corrected chi connectivity index (χ4v) is 2.40. The fraction of sp³-hybridized carbons (Fsp3) is 0.400. The van der Waals surface area contributed by atoms with E-state index in [1.807, 2.05) is 45.3 Å². The van der Waals surface area contributed by atoms with E-state index >= 15 is 0 Å².